The van der Waals surface area contributed by atoms with Crippen LogP contribution in [-0.4, -0.2) is 0 Å². The number of rotatable bonds is 2. The van der Waals surface area contributed by atoms with Crippen molar-refractivity contribution in [3.63, 3.8) is 0 Å². The molecule has 0 aromatic carbocycles. The molecule has 0 aliphatic heterocycles. The maximum atomic E-state index is 2.37. The summed E-state index contributed by atoms with van der Waals surface area (Å²) in [5.41, 5.74) is 0. The fourth-order valence-electron chi connectivity index (χ4n) is 0.383. The van der Waals surface area contributed by atoms with Gasteiger partial charge in [-0.2, -0.15) is 0 Å². The van der Waals surface area contributed by atoms with Crippen LogP contribution < -0.4 is 0 Å². The van der Waals surface area contributed by atoms with Crippen molar-refractivity contribution in [2.45, 2.75) is 26.7 Å². The van der Waals surface area contributed by atoms with Crippen LogP contribution in [0.15, 0.2) is 9.66 Å². The highest BCUT2D eigenvalue weighted by Crippen LogP contribution is 2.11. The Bertz CT molecular complexity index is 64.6. The van der Waals surface area contributed by atoms with Crippen molar-refractivity contribution in [3.8, 4) is 0 Å². The number of hydrogen-bond donors (Lipinski definition) is 0. The van der Waals surface area contributed by atoms with E-state index in [4.69, 9.17) is 0 Å². The molecule has 0 radical (unpaired) electrons. The van der Waals surface area contributed by atoms with Gasteiger partial charge in [-0.3, -0.25) is 0 Å². The van der Waals surface area contributed by atoms with E-state index >= 15 is 0 Å². The van der Waals surface area contributed by atoms with Gasteiger partial charge in [0.1, 0.15) is 0 Å². The van der Waals surface area contributed by atoms with Crippen LogP contribution in [0.3, 0.4) is 0 Å². The van der Waals surface area contributed by atoms with Crippen LogP contribution in [0, 0.1) is 0 Å². The lowest BCUT2D eigenvalue weighted by Gasteiger charge is -1.88. The highest BCUT2D eigenvalue weighted by Gasteiger charge is 1.82. The first-order valence-electron chi connectivity index (χ1n) is 2.62. The molecule has 0 aliphatic carbocycles. The Hall–Kier alpha value is 0.470. The quantitative estimate of drug-likeness (QED) is 0.614. The zero-order valence-electron chi connectivity index (χ0n) is 4.87. The van der Waals surface area contributed by atoms with Gasteiger partial charge in [-0.15, -0.1) is 0 Å². The second-order valence-corrected chi connectivity index (χ2v) is 2.87. The minimum atomic E-state index is 1.25. The second kappa shape index (κ2) is 4.62. The molecule has 0 nitrogen and oxygen atoms in total. The maximum absolute atomic E-state index is 2.37. The predicted molar refractivity (Wildman–Crippen MR) is 42.7 cm³/mol. The standard InChI is InChI=1S/C6H11I/c1-3-5-6(7)4-2/h4H,3,5H2,1-2H3/b6-4-. The minimum Gasteiger partial charge on any atom is -0.0784 e. The van der Waals surface area contributed by atoms with E-state index in [-0.39, 0.29) is 0 Å². The van der Waals surface area contributed by atoms with Gasteiger partial charge in [-0.05, 0) is 39.5 Å². The van der Waals surface area contributed by atoms with Gasteiger partial charge in [-0.1, -0.05) is 19.4 Å². The Morgan fingerprint density at radius 1 is 1.71 bits per heavy atom. The summed E-state index contributed by atoms with van der Waals surface area (Å²) in [6, 6.07) is 0. The van der Waals surface area contributed by atoms with Crippen LogP contribution in [0.5, 0.6) is 0 Å². The van der Waals surface area contributed by atoms with Crippen molar-refractivity contribution in [1.29, 1.82) is 0 Å². The second-order valence-electron chi connectivity index (χ2n) is 1.49. The summed E-state index contributed by atoms with van der Waals surface area (Å²) in [5, 5.41) is 0. The SMILES string of the molecule is C/C=C(\I)CCC. The predicted octanol–water partition coefficient (Wildman–Crippen LogP) is 3.13. The molecule has 0 fully saturated rings. The van der Waals surface area contributed by atoms with E-state index in [0.29, 0.717) is 0 Å². The van der Waals surface area contributed by atoms with Crippen molar-refractivity contribution in [3.05, 3.63) is 9.66 Å². The van der Waals surface area contributed by atoms with E-state index < -0.39 is 0 Å². The molecule has 0 rings (SSSR count). The summed E-state index contributed by atoms with van der Waals surface area (Å²) in [6.07, 6.45) is 4.67. The van der Waals surface area contributed by atoms with Crippen LogP contribution >= 0.6 is 22.6 Å². The highest BCUT2D eigenvalue weighted by molar-refractivity contribution is 14.1. The summed E-state index contributed by atoms with van der Waals surface area (Å²) >= 11 is 2.37. The lowest BCUT2D eigenvalue weighted by molar-refractivity contribution is 0.952. The topological polar surface area (TPSA) is 0 Å². The maximum Gasteiger partial charge on any atom is -0.0137 e. The lowest BCUT2D eigenvalue weighted by atomic mass is 10.3. The van der Waals surface area contributed by atoms with E-state index in [1.807, 2.05) is 0 Å². The van der Waals surface area contributed by atoms with Gasteiger partial charge in [0.05, 0.1) is 0 Å². The molecule has 0 atom stereocenters. The molecule has 0 aromatic heterocycles. The van der Waals surface area contributed by atoms with Crippen LogP contribution in [0.25, 0.3) is 0 Å². The third-order valence-corrected chi connectivity index (χ3v) is 1.96. The molecule has 7 heavy (non-hydrogen) atoms. The van der Waals surface area contributed by atoms with Crippen LogP contribution in [0.4, 0.5) is 0 Å². The Balaban J connectivity index is 3.17. The number of allylic oxidation sites excluding steroid dienone is 2. The number of hydrogen-bond acceptors (Lipinski definition) is 0. The Kier molecular flexibility index (Phi) is 4.94. The van der Waals surface area contributed by atoms with Crippen LogP contribution in [-0.2, 0) is 0 Å². The average molecular weight is 210 g/mol. The lowest BCUT2D eigenvalue weighted by Crippen LogP contribution is -1.65. The van der Waals surface area contributed by atoms with E-state index in [1.54, 1.807) is 0 Å². The minimum absolute atomic E-state index is 1.25. The molecule has 0 aromatic rings. The zero-order chi connectivity index (χ0) is 5.70. The first-order chi connectivity index (χ1) is 3.31. The highest BCUT2D eigenvalue weighted by atomic mass is 127. The third-order valence-electron chi connectivity index (χ3n) is 0.802. The molecule has 0 amide bonds. The monoisotopic (exact) mass is 210 g/mol. The van der Waals surface area contributed by atoms with Gasteiger partial charge >= 0.3 is 0 Å². The molecule has 0 unspecified atom stereocenters. The van der Waals surface area contributed by atoms with Gasteiger partial charge in [0.15, 0.2) is 0 Å². The normalized spacial score (nSPS) is 12.1. The largest absolute Gasteiger partial charge is 0.0784 e. The van der Waals surface area contributed by atoms with Gasteiger partial charge in [-0.25, -0.2) is 0 Å². The number of halogens is 1. The van der Waals surface area contributed by atoms with Gasteiger partial charge in [0.25, 0.3) is 0 Å². The van der Waals surface area contributed by atoms with E-state index in [1.165, 1.54) is 16.4 Å². The molecular weight excluding hydrogens is 199 g/mol. The summed E-state index contributed by atoms with van der Waals surface area (Å²) in [4.78, 5) is 0. The van der Waals surface area contributed by atoms with Crippen LogP contribution in [0.1, 0.15) is 26.7 Å². The van der Waals surface area contributed by atoms with Crippen molar-refractivity contribution >= 4 is 22.6 Å². The first-order valence-corrected chi connectivity index (χ1v) is 3.69. The summed E-state index contributed by atoms with van der Waals surface area (Å²) in [6.45, 7) is 4.28. The Morgan fingerprint density at radius 3 is 2.43 bits per heavy atom. The van der Waals surface area contributed by atoms with Crippen molar-refractivity contribution in [2.24, 2.45) is 0 Å². The van der Waals surface area contributed by atoms with Crippen molar-refractivity contribution in [2.75, 3.05) is 0 Å². The Labute approximate surface area is 59.1 Å². The zero-order valence-corrected chi connectivity index (χ0v) is 7.03. The molecular formula is C6H11I. The fraction of sp³-hybridized carbons (Fsp3) is 0.667. The summed E-state index contributed by atoms with van der Waals surface area (Å²) < 4.78 is 1.47. The van der Waals surface area contributed by atoms with E-state index in [2.05, 4.69) is 42.5 Å². The van der Waals surface area contributed by atoms with Crippen LogP contribution in [0.2, 0.25) is 0 Å². The third kappa shape index (κ3) is 4.32. The molecule has 0 saturated carbocycles. The molecule has 0 N–H and O–H groups in total. The van der Waals surface area contributed by atoms with Gasteiger partial charge in [0, 0.05) is 0 Å². The summed E-state index contributed by atoms with van der Waals surface area (Å²) in [7, 11) is 0. The van der Waals surface area contributed by atoms with Crippen molar-refractivity contribution in [1.82, 2.24) is 0 Å². The molecule has 0 aliphatic rings. The van der Waals surface area contributed by atoms with Crippen molar-refractivity contribution < 1.29 is 0 Å². The Morgan fingerprint density at radius 2 is 2.29 bits per heavy atom. The summed E-state index contributed by atoms with van der Waals surface area (Å²) in [5.74, 6) is 0. The van der Waals surface area contributed by atoms with Gasteiger partial charge < -0.3 is 0 Å². The van der Waals surface area contributed by atoms with E-state index in [0.717, 1.165) is 0 Å². The molecule has 0 spiro atoms. The first kappa shape index (κ1) is 7.47. The smallest absolute Gasteiger partial charge is 0.0137 e. The van der Waals surface area contributed by atoms with Gasteiger partial charge in [0.2, 0.25) is 0 Å². The molecule has 0 saturated heterocycles. The molecule has 42 valence electrons. The molecule has 1 heteroatoms. The average Bonchev–Trinajstić information content (AvgIpc) is 1.68. The molecule has 0 heterocycles. The fourth-order valence-corrected chi connectivity index (χ4v) is 0.923. The van der Waals surface area contributed by atoms with E-state index in [9.17, 15) is 0 Å². The molecule has 0 bridgehead atoms.